The zero-order valence-electron chi connectivity index (χ0n) is 20.4. The summed E-state index contributed by atoms with van der Waals surface area (Å²) in [7, 11) is 0. The third kappa shape index (κ3) is 4.73. The maximum absolute atomic E-state index is 15.3. The van der Waals surface area contributed by atoms with Crippen molar-refractivity contribution in [3.63, 3.8) is 0 Å². The van der Waals surface area contributed by atoms with E-state index in [1.807, 2.05) is 41.3 Å². The van der Waals surface area contributed by atoms with E-state index >= 15 is 4.39 Å². The van der Waals surface area contributed by atoms with E-state index in [-0.39, 0.29) is 23.7 Å². The number of hydrogen-bond acceptors (Lipinski definition) is 5. The Morgan fingerprint density at radius 3 is 2.67 bits per heavy atom. The zero-order chi connectivity index (χ0) is 25.3. The van der Waals surface area contributed by atoms with Gasteiger partial charge in [-0.05, 0) is 41.7 Å². The monoisotopic (exact) mass is 484 g/mol. The number of para-hydroxylation sites is 2. The lowest BCUT2D eigenvalue weighted by Gasteiger charge is -2.38. The quantitative estimate of drug-likeness (QED) is 0.524. The fraction of sp³-hybridized carbons (Fsp3) is 0.276. The molecular formula is C29H29FN4O2. The van der Waals surface area contributed by atoms with Crippen molar-refractivity contribution in [2.24, 2.45) is 5.41 Å². The van der Waals surface area contributed by atoms with Gasteiger partial charge in [0.2, 0.25) is 5.91 Å². The van der Waals surface area contributed by atoms with Crippen molar-refractivity contribution in [3.8, 4) is 0 Å². The van der Waals surface area contributed by atoms with Gasteiger partial charge < -0.3 is 15.5 Å². The minimum Gasteiger partial charge on any atom is -0.357 e. The molecule has 1 unspecified atom stereocenters. The van der Waals surface area contributed by atoms with E-state index in [1.54, 1.807) is 30.6 Å². The molecule has 0 saturated carbocycles. The van der Waals surface area contributed by atoms with Crippen LogP contribution in [0.2, 0.25) is 0 Å². The number of aromatic nitrogens is 1. The number of amides is 1. The first-order valence-corrected chi connectivity index (χ1v) is 12.1. The molecule has 5 rings (SSSR count). The highest BCUT2D eigenvalue weighted by Gasteiger charge is 2.42. The summed E-state index contributed by atoms with van der Waals surface area (Å²) in [5, 5.41) is 6.43. The first-order chi connectivity index (χ1) is 17.3. The molecule has 1 atom stereocenters. The SMILES string of the molecule is CC1(C)CC(=O)C2=C(C1)Nc1ccccc1N(CC(=O)NCc1cccnc1)C2c1ccccc1F. The number of fused-ring (bicyclic) bond motifs is 1. The molecule has 3 aromatic rings. The normalized spacial score (nSPS) is 18.6. The molecule has 1 amide bonds. The smallest absolute Gasteiger partial charge is 0.239 e. The zero-order valence-corrected chi connectivity index (χ0v) is 20.4. The molecule has 184 valence electrons. The Balaban J connectivity index is 1.60. The standard InChI is InChI=1S/C29H29FN4O2/c1-29(2)14-23-27(25(35)15-29)28(20-9-3-4-10-21(20)30)34(24-12-6-5-11-22(24)33-23)18-26(36)32-17-19-8-7-13-31-16-19/h3-13,16,28,33H,14-15,17-18H2,1-2H3,(H,32,36). The number of rotatable bonds is 5. The Hall–Kier alpha value is -4.00. The van der Waals surface area contributed by atoms with Crippen molar-refractivity contribution in [1.29, 1.82) is 0 Å². The summed E-state index contributed by atoms with van der Waals surface area (Å²) in [5.74, 6) is -0.676. The van der Waals surface area contributed by atoms with Crippen molar-refractivity contribution in [2.45, 2.75) is 39.3 Å². The molecule has 1 aliphatic heterocycles. The van der Waals surface area contributed by atoms with E-state index in [9.17, 15) is 9.59 Å². The number of ketones is 1. The Bertz CT molecular complexity index is 1340. The molecule has 7 heteroatoms. The molecule has 6 nitrogen and oxygen atoms in total. The summed E-state index contributed by atoms with van der Waals surface area (Å²) in [4.78, 5) is 32.8. The number of allylic oxidation sites excluding steroid dienone is 1. The number of anilines is 2. The molecule has 0 fully saturated rings. The van der Waals surface area contributed by atoms with E-state index in [1.165, 1.54) is 6.07 Å². The molecule has 2 aromatic carbocycles. The summed E-state index contributed by atoms with van der Waals surface area (Å²) in [6.07, 6.45) is 4.39. The summed E-state index contributed by atoms with van der Waals surface area (Å²) in [6.45, 7) is 4.40. The molecule has 0 radical (unpaired) electrons. The van der Waals surface area contributed by atoms with Crippen molar-refractivity contribution in [3.05, 3.63) is 101 Å². The van der Waals surface area contributed by atoms with Gasteiger partial charge in [-0.2, -0.15) is 0 Å². The third-order valence-electron chi connectivity index (χ3n) is 6.73. The highest BCUT2D eigenvalue weighted by molar-refractivity contribution is 6.01. The highest BCUT2D eigenvalue weighted by atomic mass is 19.1. The van der Waals surface area contributed by atoms with Crippen LogP contribution in [0.15, 0.2) is 84.3 Å². The number of nitrogens with one attached hydrogen (secondary N) is 2. The molecule has 0 spiro atoms. The second kappa shape index (κ2) is 9.57. The summed E-state index contributed by atoms with van der Waals surface area (Å²) >= 11 is 0. The predicted octanol–water partition coefficient (Wildman–Crippen LogP) is 5.15. The van der Waals surface area contributed by atoms with Crippen LogP contribution in [0.1, 0.15) is 43.9 Å². The van der Waals surface area contributed by atoms with Crippen LogP contribution < -0.4 is 15.5 Å². The molecule has 2 N–H and O–H groups in total. The van der Waals surface area contributed by atoms with Gasteiger partial charge in [0.15, 0.2) is 5.78 Å². The Morgan fingerprint density at radius 1 is 1.11 bits per heavy atom. The van der Waals surface area contributed by atoms with Crippen LogP contribution >= 0.6 is 0 Å². The minimum absolute atomic E-state index is 0.0319. The van der Waals surface area contributed by atoms with Gasteiger partial charge in [0.25, 0.3) is 0 Å². The first-order valence-electron chi connectivity index (χ1n) is 12.1. The number of carbonyl (C=O) groups is 2. The summed E-state index contributed by atoms with van der Waals surface area (Å²) < 4.78 is 15.3. The molecule has 1 aliphatic carbocycles. The van der Waals surface area contributed by atoms with Crippen LogP contribution in [0.3, 0.4) is 0 Å². The van der Waals surface area contributed by atoms with Gasteiger partial charge >= 0.3 is 0 Å². The van der Waals surface area contributed by atoms with Crippen molar-refractivity contribution < 1.29 is 14.0 Å². The van der Waals surface area contributed by atoms with Gasteiger partial charge in [0, 0.05) is 42.2 Å². The second-order valence-electron chi connectivity index (χ2n) is 10.2. The van der Waals surface area contributed by atoms with Crippen LogP contribution in [0, 0.1) is 11.2 Å². The Kier molecular flexibility index (Phi) is 6.31. The first kappa shape index (κ1) is 23.7. The molecule has 2 aliphatic rings. The van der Waals surface area contributed by atoms with Crippen LogP contribution in [0.5, 0.6) is 0 Å². The van der Waals surface area contributed by atoms with Gasteiger partial charge in [0.1, 0.15) is 5.82 Å². The fourth-order valence-electron chi connectivity index (χ4n) is 5.16. The van der Waals surface area contributed by atoms with Crippen molar-refractivity contribution in [1.82, 2.24) is 10.3 Å². The van der Waals surface area contributed by atoms with Crippen LogP contribution in [0.25, 0.3) is 0 Å². The van der Waals surface area contributed by atoms with E-state index in [2.05, 4.69) is 29.5 Å². The van der Waals surface area contributed by atoms with Gasteiger partial charge in [0.05, 0.1) is 24.0 Å². The summed E-state index contributed by atoms with van der Waals surface area (Å²) in [5.41, 5.74) is 3.86. The van der Waals surface area contributed by atoms with Crippen molar-refractivity contribution in [2.75, 3.05) is 16.8 Å². The lowest BCUT2D eigenvalue weighted by Crippen LogP contribution is -2.42. The molecule has 2 heterocycles. The number of Topliss-reactive ketones (excluding diaryl/α,β-unsaturated/α-hetero) is 1. The van der Waals surface area contributed by atoms with E-state index in [4.69, 9.17) is 0 Å². The van der Waals surface area contributed by atoms with Gasteiger partial charge in [-0.1, -0.05) is 50.2 Å². The average molecular weight is 485 g/mol. The van der Waals surface area contributed by atoms with E-state index < -0.39 is 11.9 Å². The van der Waals surface area contributed by atoms with Gasteiger partial charge in [-0.3, -0.25) is 14.6 Å². The number of carbonyl (C=O) groups excluding carboxylic acids is 2. The van der Waals surface area contributed by atoms with Crippen LogP contribution in [0.4, 0.5) is 15.8 Å². The predicted molar refractivity (Wildman–Crippen MR) is 138 cm³/mol. The lowest BCUT2D eigenvalue weighted by atomic mass is 9.73. The maximum Gasteiger partial charge on any atom is 0.239 e. The molecule has 0 saturated heterocycles. The topological polar surface area (TPSA) is 74.3 Å². The number of halogens is 1. The summed E-state index contributed by atoms with van der Waals surface area (Å²) in [6, 6.07) is 17.1. The molecule has 36 heavy (non-hydrogen) atoms. The lowest BCUT2D eigenvalue weighted by molar-refractivity contribution is -0.121. The van der Waals surface area contributed by atoms with E-state index in [0.717, 1.165) is 22.6 Å². The fourth-order valence-corrected chi connectivity index (χ4v) is 5.16. The minimum atomic E-state index is -0.745. The second-order valence-corrected chi connectivity index (χ2v) is 10.2. The molecule has 0 bridgehead atoms. The number of hydrogen-bond donors (Lipinski definition) is 2. The van der Waals surface area contributed by atoms with Crippen LogP contribution in [-0.2, 0) is 16.1 Å². The average Bonchev–Trinajstić information content (AvgIpc) is 2.97. The van der Waals surface area contributed by atoms with Gasteiger partial charge in [-0.25, -0.2) is 4.39 Å². The van der Waals surface area contributed by atoms with Crippen molar-refractivity contribution >= 4 is 23.1 Å². The van der Waals surface area contributed by atoms with Crippen LogP contribution in [-0.4, -0.2) is 23.2 Å². The number of nitrogens with zero attached hydrogens (tertiary/aromatic N) is 2. The number of pyridine rings is 1. The third-order valence-corrected chi connectivity index (χ3v) is 6.73. The molecular weight excluding hydrogens is 455 g/mol. The Morgan fingerprint density at radius 2 is 1.89 bits per heavy atom. The number of benzene rings is 2. The molecule has 1 aromatic heterocycles. The Labute approximate surface area is 210 Å². The van der Waals surface area contributed by atoms with E-state index in [0.29, 0.717) is 30.5 Å². The highest BCUT2D eigenvalue weighted by Crippen LogP contribution is 2.48. The maximum atomic E-state index is 15.3. The van der Waals surface area contributed by atoms with Gasteiger partial charge in [-0.15, -0.1) is 0 Å². The largest absolute Gasteiger partial charge is 0.357 e.